The van der Waals surface area contributed by atoms with Crippen LogP contribution in [0.4, 0.5) is 62.6 Å². The molecule has 0 atom stereocenters. The Hall–Kier alpha value is -9.90. The van der Waals surface area contributed by atoms with Gasteiger partial charge in [0.1, 0.15) is 0 Å². The van der Waals surface area contributed by atoms with Crippen molar-refractivity contribution in [3.63, 3.8) is 0 Å². The summed E-state index contributed by atoms with van der Waals surface area (Å²) in [5, 5.41) is 0. The highest BCUT2D eigenvalue weighted by Crippen LogP contribution is 2.41. The van der Waals surface area contributed by atoms with Crippen LogP contribution in [0, 0.1) is 0 Å². The van der Waals surface area contributed by atoms with E-state index in [0.717, 1.165) is 102 Å². The Bertz CT molecular complexity index is 3620. The van der Waals surface area contributed by atoms with Crippen LogP contribution in [-0.4, -0.2) is 0 Å². The van der Waals surface area contributed by atoms with Gasteiger partial charge in [0.05, 0.1) is 0 Å². The largest absolute Gasteiger partial charge is 0.311 e. The zero-order valence-electron chi connectivity index (χ0n) is 43.5. The molecule has 0 aliphatic carbocycles. The number of anilines is 11. The van der Waals surface area contributed by atoms with Crippen LogP contribution in [0.2, 0.25) is 0 Å². The van der Waals surface area contributed by atoms with E-state index in [4.69, 9.17) is 0 Å². The van der Waals surface area contributed by atoms with Crippen molar-refractivity contribution in [3.05, 3.63) is 321 Å². The van der Waals surface area contributed by atoms with Crippen LogP contribution in [-0.2, 0) is 0 Å². The Morgan fingerprint density at radius 1 is 0.260 bits per heavy atom. The number of allylic oxidation sites excluding steroid dienone is 3. The topological polar surface area (TPSA) is 13.0 Å². The number of para-hydroxylation sites is 5. The van der Waals surface area contributed by atoms with Crippen LogP contribution >= 0.6 is 0 Å². The first-order valence-electron chi connectivity index (χ1n) is 26.5. The Balaban J connectivity index is 0.817. The van der Waals surface area contributed by atoms with Gasteiger partial charge in [-0.3, -0.25) is 0 Å². The summed E-state index contributed by atoms with van der Waals surface area (Å²) in [4.78, 5) is 9.25. The van der Waals surface area contributed by atoms with E-state index in [-0.39, 0.29) is 0 Å². The molecule has 0 aliphatic heterocycles. The second-order valence-electron chi connectivity index (χ2n) is 18.8. The summed E-state index contributed by atoms with van der Waals surface area (Å²) in [5.41, 5.74) is 20.2. The van der Waals surface area contributed by atoms with Crippen LogP contribution in [0.3, 0.4) is 0 Å². The Morgan fingerprint density at radius 3 is 0.675 bits per heavy atom. The molecule has 0 bridgehead atoms. The van der Waals surface area contributed by atoms with E-state index in [1.807, 2.05) is 0 Å². The molecule has 0 amide bonds. The van der Waals surface area contributed by atoms with E-state index >= 15 is 0 Å². The average Bonchev–Trinajstić information content (AvgIpc) is 3.51. The zero-order chi connectivity index (χ0) is 52.2. The molecular formula is C73H60N4. The molecule has 0 radical (unpaired) electrons. The molecule has 0 fully saturated rings. The van der Waals surface area contributed by atoms with Gasteiger partial charge in [0.15, 0.2) is 0 Å². The summed E-state index contributed by atoms with van der Waals surface area (Å²) in [6.45, 7) is 4.27. The van der Waals surface area contributed by atoms with Gasteiger partial charge in [-0.05, 0) is 186 Å². The first-order valence-corrected chi connectivity index (χ1v) is 26.5. The van der Waals surface area contributed by atoms with Crippen molar-refractivity contribution >= 4 is 62.6 Å². The van der Waals surface area contributed by atoms with E-state index < -0.39 is 0 Å². The minimum atomic E-state index is 0.980. The second kappa shape index (κ2) is 23.5. The van der Waals surface area contributed by atoms with Gasteiger partial charge in [0.2, 0.25) is 0 Å². The first-order chi connectivity index (χ1) is 38.1. The normalized spacial score (nSPS) is 11.3. The molecular weight excluding hydrogens is 933 g/mol. The molecule has 372 valence electrons. The molecule has 0 saturated heterocycles. The SMILES string of the molecule is C/C=C(\C=C/CC)N(c1ccccc1)c1ccc(-c2ccc(N(c3ccccc3)c3ccc(-c4ccc(N(c5ccccc5)c5ccc(-c6ccc(N(c7ccccc7)c7ccccc7)cc6)cc5)cc4)cc3)cc2)cc1. The van der Waals surface area contributed by atoms with Crippen molar-refractivity contribution in [1.82, 2.24) is 0 Å². The van der Waals surface area contributed by atoms with Crippen molar-refractivity contribution < 1.29 is 0 Å². The third-order valence-electron chi connectivity index (χ3n) is 13.9. The molecule has 11 aromatic rings. The molecule has 4 heteroatoms. The molecule has 77 heavy (non-hydrogen) atoms. The minimum absolute atomic E-state index is 0.980. The Kier molecular flexibility index (Phi) is 15.1. The van der Waals surface area contributed by atoms with Crippen molar-refractivity contribution in [1.29, 1.82) is 0 Å². The molecule has 0 N–H and O–H groups in total. The minimum Gasteiger partial charge on any atom is -0.311 e. The van der Waals surface area contributed by atoms with Crippen LogP contribution in [0.1, 0.15) is 20.3 Å². The van der Waals surface area contributed by atoms with Gasteiger partial charge >= 0.3 is 0 Å². The maximum absolute atomic E-state index is 2.32. The Labute approximate surface area is 454 Å². The summed E-state index contributed by atoms with van der Waals surface area (Å²) < 4.78 is 0. The van der Waals surface area contributed by atoms with Crippen LogP contribution in [0.5, 0.6) is 0 Å². The maximum Gasteiger partial charge on any atom is 0.0462 e. The molecule has 0 heterocycles. The lowest BCUT2D eigenvalue weighted by atomic mass is 10.0. The van der Waals surface area contributed by atoms with Gasteiger partial charge in [-0.2, -0.15) is 0 Å². The number of nitrogens with zero attached hydrogens (tertiary/aromatic N) is 4. The monoisotopic (exact) mass is 992 g/mol. The second-order valence-corrected chi connectivity index (χ2v) is 18.8. The number of rotatable bonds is 17. The van der Waals surface area contributed by atoms with Crippen molar-refractivity contribution in [2.75, 3.05) is 19.6 Å². The highest BCUT2D eigenvalue weighted by molar-refractivity contribution is 5.84. The summed E-state index contributed by atoms with van der Waals surface area (Å²) in [7, 11) is 0. The molecule has 0 spiro atoms. The maximum atomic E-state index is 2.32. The van der Waals surface area contributed by atoms with Gasteiger partial charge in [-0.15, -0.1) is 0 Å². The van der Waals surface area contributed by atoms with E-state index in [9.17, 15) is 0 Å². The van der Waals surface area contributed by atoms with E-state index in [0.29, 0.717) is 0 Å². The van der Waals surface area contributed by atoms with Crippen molar-refractivity contribution in [2.45, 2.75) is 20.3 Å². The standard InChI is InChI=1S/C73H60N4/c1-3-5-21-62(4-2)74(63-22-11-6-12-23-63)68-44-32-56(33-45-68)58-36-48-70(49-37-58)76(66-28-17-9-18-29-66)72-52-40-60(41-53-72)61-42-54-73(55-43-61)77(67-30-19-10-20-31-67)71-50-38-59(39-51-71)57-34-46-69(47-35-57)75(64-24-13-7-14-25-64)65-26-15-8-16-27-65/h4-55H,3H2,1-2H3/b21-5-,62-4+. The molecule has 0 saturated carbocycles. The molecule has 0 aliphatic rings. The summed E-state index contributed by atoms with van der Waals surface area (Å²) >= 11 is 0. The van der Waals surface area contributed by atoms with Gasteiger partial charge in [-0.1, -0.05) is 183 Å². The van der Waals surface area contributed by atoms with Crippen molar-refractivity contribution in [3.8, 4) is 33.4 Å². The van der Waals surface area contributed by atoms with Gasteiger partial charge < -0.3 is 19.6 Å². The zero-order valence-corrected chi connectivity index (χ0v) is 43.5. The molecule has 4 nitrogen and oxygen atoms in total. The van der Waals surface area contributed by atoms with Gasteiger partial charge in [0, 0.05) is 68.3 Å². The highest BCUT2D eigenvalue weighted by Gasteiger charge is 2.18. The van der Waals surface area contributed by atoms with Gasteiger partial charge in [-0.25, -0.2) is 0 Å². The summed E-state index contributed by atoms with van der Waals surface area (Å²) in [6, 6.07) is 106. The number of hydrogen-bond acceptors (Lipinski definition) is 4. The van der Waals surface area contributed by atoms with Crippen LogP contribution in [0.25, 0.3) is 33.4 Å². The third-order valence-corrected chi connectivity index (χ3v) is 13.9. The van der Waals surface area contributed by atoms with Crippen LogP contribution in [0.15, 0.2) is 321 Å². The molecule has 0 aromatic heterocycles. The summed E-state index contributed by atoms with van der Waals surface area (Å²) in [5.74, 6) is 0. The fraction of sp³-hybridized carbons (Fsp3) is 0.0411. The predicted molar refractivity (Wildman–Crippen MR) is 329 cm³/mol. The molecule has 0 unspecified atom stereocenters. The average molecular weight is 993 g/mol. The lowest BCUT2D eigenvalue weighted by Crippen LogP contribution is -2.14. The van der Waals surface area contributed by atoms with Crippen LogP contribution < -0.4 is 19.6 Å². The van der Waals surface area contributed by atoms with E-state index in [1.54, 1.807) is 0 Å². The van der Waals surface area contributed by atoms with Gasteiger partial charge in [0.25, 0.3) is 0 Å². The van der Waals surface area contributed by atoms with Crippen molar-refractivity contribution in [2.24, 2.45) is 0 Å². The highest BCUT2D eigenvalue weighted by atomic mass is 15.2. The quantitative estimate of drug-likeness (QED) is 0.0843. The fourth-order valence-corrected chi connectivity index (χ4v) is 10.0. The third kappa shape index (κ3) is 11.1. The molecule has 11 rings (SSSR count). The fourth-order valence-electron chi connectivity index (χ4n) is 10.0. The number of hydrogen-bond donors (Lipinski definition) is 0. The first kappa shape index (κ1) is 49.3. The van der Waals surface area contributed by atoms with E-state index in [2.05, 4.69) is 349 Å². The lowest BCUT2D eigenvalue weighted by Gasteiger charge is -2.27. The van der Waals surface area contributed by atoms with E-state index in [1.165, 1.54) is 5.56 Å². The summed E-state index contributed by atoms with van der Waals surface area (Å²) in [6.07, 6.45) is 7.57. The smallest absolute Gasteiger partial charge is 0.0462 e. The molecule has 11 aromatic carbocycles. The lowest BCUT2D eigenvalue weighted by molar-refractivity contribution is 1.17. The Morgan fingerprint density at radius 2 is 0.455 bits per heavy atom. The number of benzene rings is 11. The predicted octanol–water partition coefficient (Wildman–Crippen LogP) is 21.1.